The molecule has 0 unspecified atom stereocenters. The van der Waals surface area contributed by atoms with Gasteiger partial charge in [0.2, 0.25) is 5.91 Å². The molecule has 2 rings (SSSR count). The van der Waals surface area contributed by atoms with Gasteiger partial charge in [0.05, 0.1) is 6.04 Å². The summed E-state index contributed by atoms with van der Waals surface area (Å²) in [7, 11) is 1.69. The fraction of sp³-hybridized carbons (Fsp3) is 0.235. The molecule has 0 aliphatic rings. The van der Waals surface area contributed by atoms with Gasteiger partial charge >= 0.3 is 0 Å². The van der Waals surface area contributed by atoms with Crippen molar-refractivity contribution in [1.29, 1.82) is 0 Å². The highest BCUT2D eigenvalue weighted by Gasteiger charge is 2.12. The fourth-order valence-electron chi connectivity index (χ4n) is 2.14. The Morgan fingerprint density at radius 1 is 1.14 bits per heavy atom. The topological polar surface area (TPSA) is 32.3 Å². The van der Waals surface area contributed by atoms with E-state index in [1.807, 2.05) is 0 Å². The number of nitrogens with one attached hydrogen (secondary N) is 1. The maximum absolute atomic E-state index is 13.7. The standard InChI is InChI=1S/C17H18F2N2O/c1-11(16-10-13(18)4-9-17(16)19)20-14-5-7-15(8-6-14)21(3)12(2)22/h4-11,20H,1-3H3/t11-/m1/s1. The van der Waals surface area contributed by atoms with Crippen molar-refractivity contribution in [1.82, 2.24) is 0 Å². The quantitative estimate of drug-likeness (QED) is 0.921. The number of halogens is 2. The Bertz CT molecular complexity index is 671. The summed E-state index contributed by atoms with van der Waals surface area (Å²) in [6.07, 6.45) is 0. The maximum atomic E-state index is 13.7. The molecule has 1 amide bonds. The molecule has 0 bridgehead atoms. The Morgan fingerprint density at radius 3 is 2.36 bits per heavy atom. The minimum Gasteiger partial charge on any atom is -0.378 e. The number of anilines is 2. The molecule has 5 heteroatoms. The van der Waals surface area contributed by atoms with Crippen molar-refractivity contribution >= 4 is 17.3 Å². The number of benzene rings is 2. The molecule has 0 aliphatic carbocycles. The molecule has 0 aromatic heterocycles. The lowest BCUT2D eigenvalue weighted by atomic mass is 10.1. The number of hydrogen-bond donors (Lipinski definition) is 1. The molecule has 3 nitrogen and oxygen atoms in total. The SMILES string of the molecule is CC(=O)N(C)c1ccc(N[C@H](C)c2cc(F)ccc2F)cc1. The summed E-state index contributed by atoms with van der Waals surface area (Å²) in [5.74, 6) is -0.978. The van der Waals surface area contributed by atoms with E-state index in [4.69, 9.17) is 0 Å². The molecule has 0 radical (unpaired) electrons. The van der Waals surface area contributed by atoms with Crippen LogP contribution >= 0.6 is 0 Å². The summed E-state index contributed by atoms with van der Waals surface area (Å²) < 4.78 is 27.0. The van der Waals surface area contributed by atoms with Gasteiger partial charge in [-0.15, -0.1) is 0 Å². The van der Waals surface area contributed by atoms with Crippen molar-refractivity contribution in [3.63, 3.8) is 0 Å². The van der Waals surface area contributed by atoms with E-state index in [1.165, 1.54) is 17.9 Å². The normalized spacial score (nSPS) is 11.9. The zero-order valence-corrected chi connectivity index (χ0v) is 12.7. The molecule has 0 saturated carbocycles. The van der Waals surface area contributed by atoms with Crippen LogP contribution in [0.5, 0.6) is 0 Å². The van der Waals surface area contributed by atoms with Gasteiger partial charge in [-0.1, -0.05) is 0 Å². The van der Waals surface area contributed by atoms with Gasteiger partial charge in [0.1, 0.15) is 11.6 Å². The van der Waals surface area contributed by atoms with Gasteiger partial charge in [-0.05, 0) is 49.4 Å². The van der Waals surface area contributed by atoms with Crippen LogP contribution in [0.25, 0.3) is 0 Å². The van der Waals surface area contributed by atoms with Gasteiger partial charge in [0.25, 0.3) is 0 Å². The van der Waals surface area contributed by atoms with Crippen LogP contribution in [0, 0.1) is 11.6 Å². The van der Waals surface area contributed by atoms with Crippen molar-refractivity contribution in [2.75, 3.05) is 17.3 Å². The molecule has 22 heavy (non-hydrogen) atoms. The Kier molecular flexibility index (Phi) is 4.75. The number of amides is 1. The molecule has 0 aliphatic heterocycles. The van der Waals surface area contributed by atoms with Crippen molar-refractivity contribution in [2.45, 2.75) is 19.9 Å². The van der Waals surface area contributed by atoms with Crippen LogP contribution in [0.3, 0.4) is 0 Å². The van der Waals surface area contributed by atoms with Gasteiger partial charge in [0, 0.05) is 30.9 Å². The monoisotopic (exact) mass is 304 g/mol. The lowest BCUT2D eigenvalue weighted by molar-refractivity contribution is -0.116. The van der Waals surface area contributed by atoms with Gasteiger partial charge in [-0.3, -0.25) is 4.79 Å². The highest BCUT2D eigenvalue weighted by atomic mass is 19.1. The summed E-state index contributed by atoms with van der Waals surface area (Å²) >= 11 is 0. The molecule has 116 valence electrons. The number of carbonyl (C=O) groups excluding carboxylic acids is 1. The Labute approximate surface area is 128 Å². The third kappa shape index (κ3) is 3.61. The molecule has 1 atom stereocenters. The molecule has 2 aromatic rings. The summed E-state index contributed by atoms with van der Waals surface area (Å²) in [5, 5.41) is 3.11. The van der Waals surface area contributed by atoms with E-state index >= 15 is 0 Å². The van der Waals surface area contributed by atoms with Gasteiger partial charge < -0.3 is 10.2 Å². The second-order valence-corrected chi connectivity index (χ2v) is 5.16. The highest BCUT2D eigenvalue weighted by Crippen LogP contribution is 2.24. The molecule has 0 heterocycles. The third-order valence-electron chi connectivity index (χ3n) is 3.53. The zero-order valence-electron chi connectivity index (χ0n) is 12.7. The van der Waals surface area contributed by atoms with E-state index in [2.05, 4.69) is 5.32 Å². The van der Waals surface area contributed by atoms with Crippen molar-refractivity contribution in [3.8, 4) is 0 Å². The number of nitrogens with zero attached hydrogens (tertiary/aromatic N) is 1. The minimum absolute atomic E-state index is 0.0593. The molecule has 0 spiro atoms. The van der Waals surface area contributed by atoms with Crippen LogP contribution in [-0.4, -0.2) is 13.0 Å². The number of carbonyl (C=O) groups is 1. The fourth-order valence-corrected chi connectivity index (χ4v) is 2.14. The summed E-state index contributed by atoms with van der Waals surface area (Å²) in [4.78, 5) is 12.8. The predicted molar refractivity (Wildman–Crippen MR) is 83.9 cm³/mol. The summed E-state index contributed by atoms with van der Waals surface area (Å²) in [5.41, 5.74) is 1.80. The van der Waals surface area contributed by atoms with E-state index in [-0.39, 0.29) is 17.5 Å². The van der Waals surface area contributed by atoms with E-state index in [9.17, 15) is 13.6 Å². The van der Waals surface area contributed by atoms with Crippen molar-refractivity contribution in [3.05, 3.63) is 59.7 Å². The average Bonchev–Trinajstić information content (AvgIpc) is 2.49. The first kappa shape index (κ1) is 15.9. The smallest absolute Gasteiger partial charge is 0.223 e. The summed E-state index contributed by atoms with van der Waals surface area (Å²) in [6.45, 7) is 3.24. The van der Waals surface area contributed by atoms with Crippen LogP contribution in [0.1, 0.15) is 25.5 Å². The average molecular weight is 304 g/mol. The van der Waals surface area contributed by atoms with Crippen LogP contribution in [0.2, 0.25) is 0 Å². The van der Waals surface area contributed by atoms with Crippen molar-refractivity contribution < 1.29 is 13.6 Å². The van der Waals surface area contributed by atoms with Crippen LogP contribution < -0.4 is 10.2 Å². The van der Waals surface area contributed by atoms with E-state index in [1.54, 1.807) is 38.2 Å². The van der Waals surface area contributed by atoms with E-state index < -0.39 is 11.6 Å². The van der Waals surface area contributed by atoms with Gasteiger partial charge in [-0.2, -0.15) is 0 Å². The molecule has 0 saturated heterocycles. The Balaban J connectivity index is 2.13. The third-order valence-corrected chi connectivity index (χ3v) is 3.53. The first-order valence-corrected chi connectivity index (χ1v) is 6.94. The first-order chi connectivity index (χ1) is 10.4. The zero-order chi connectivity index (χ0) is 16.3. The molecular weight excluding hydrogens is 286 g/mol. The van der Waals surface area contributed by atoms with Crippen molar-refractivity contribution in [2.24, 2.45) is 0 Å². The Hall–Kier alpha value is -2.43. The highest BCUT2D eigenvalue weighted by molar-refractivity contribution is 5.91. The first-order valence-electron chi connectivity index (χ1n) is 6.94. The van der Waals surface area contributed by atoms with Gasteiger partial charge in [-0.25, -0.2) is 8.78 Å². The lowest BCUT2D eigenvalue weighted by Crippen LogP contribution is -2.22. The largest absolute Gasteiger partial charge is 0.378 e. The molecule has 1 N–H and O–H groups in total. The summed E-state index contributed by atoms with van der Waals surface area (Å²) in [6, 6.07) is 10.2. The van der Waals surface area contributed by atoms with Gasteiger partial charge in [0.15, 0.2) is 0 Å². The second-order valence-electron chi connectivity index (χ2n) is 5.16. The molecular formula is C17H18F2N2O. The predicted octanol–water partition coefficient (Wildman–Crippen LogP) is 4.12. The Morgan fingerprint density at radius 2 is 1.77 bits per heavy atom. The maximum Gasteiger partial charge on any atom is 0.223 e. The lowest BCUT2D eigenvalue weighted by Gasteiger charge is -2.18. The molecule has 2 aromatic carbocycles. The van der Waals surface area contributed by atoms with Crippen LogP contribution in [-0.2, 0) is 4.79 Å². The number of hydrogen-bond acceptors (Lipinski definition) is 2. The molecule has 0 fully saturated rings. The minimum atomic E-state index is -0.469. The van der Waals surface area contributed by atoms with E-state index in [0.717, 1.165) is 23.5 Å². The number of rotatable bonds is 4. The second kappa shape index (κ2) is 6.56. The van der Waals surface area contributed by atoms with E-state index in [0.29, 0.717) is 0 Å². The van der Waals surface area contributed by atoms with Crippen LogP contribution in [0.4, 0.5) is 20.2 Å². The van der Waals surface area contributed by atoms with Crippen LogP contribution in [0.15, 0.2) is 42.5 Å².